The van der Waals surface area contributed by atoms with E-state index in [0.717, 1.165) is 11.3 Å². The van der Waals surface area contributed by atoms with Crippen molar-refractivity contribution in [3.05, 3.63) is 22.9 Å². The maximum absolute atomic E-state index is 13.3. The molecule has 6 heteroatoms. The molecule has 1 saturated heterocycles. The third-order valence-corrected chi connectivity index (χ3v) is 3.86. The zero-order valence-electron chi connectivity index (χ0n) is 11.1. The van der Waals surface area contributed by atoms with Gasteiger partial charge in [0.25, 0.3) is 0 Å². The molecule has 5 nitrogen and oxygen atoms in total. The molecule has 0 aromatic carbocycles. The number of alkyl halides is 1. The van der Waals surface area contributed by atoms with Crippen molar-refractivity contribution >= 4 is 11.8 Å². The van der Waals surface area contributed by atoms with Crippen LogP contribution in [0.1, 0.15) is 28.0 Å². The number of nitrogens with zero attached hydrogens (tertiary/aromatic N) is 2. The van der Waals surface area contributed by atoms with Crippen LogP contribution in [0.5, 0.6) is 0 Å². The lowest BCUT2D eigenvalue weighted by molar-refractivity contribution is 0.0695. The minimum absolute atomic E-state index is 0.276. The van der Waals surface area contributed by atoms with E-state index in [-0.39, 0.29) is 5.56 Å². The molecule has 0 amide bonds. The predicted molar refractivity (Wildman–Crippen MR) is 71.1 cm³/mol. The molecular formula is C14H17FN2O3. The van der Waals surface area contributed by atoms with Crippen molar-refractivity contribution in [3.63, 3.8) is 0 Å². The summed E-state index contributed by atoms with van der Waals surface area (Å²) >= 11 is 0. The van der Waals surface area contributed by atoms with Crippen molar-refractivity contribution < 1.29 is 19.0 Å². The van der Waals surface area contributed by atoms with Gasteiger partial charge in [0.1, 0.15) is 12.0 Å². The highest BCUT2D eigenvalue weighted by atomic mass is 19.1. The molecule has 0 spiro atoms. The molecule has 0 aliphatic carbocycles. The molecule has 0 saturated carbocycles. The molecule has 1 N–H and O–H groups in total. The van der Waals surface area contributed by atoms with E-state index in [1.54, 1.807) is 6.07 Å². The second kappa shape index (κ2) is 5.36. The quantitative estimate of drug-likeness (QED) is 0.888. The van der Waals surface area contributed by atoms with E-state index < -0.39 is 12.1 Å². The summed E-state index contributed by atoms with van der Waals surface area (Å²) in [7, 11) is 0. The molecule has 0 radical (unpaired) electrons. The Labute approximate surface area is 116 Å². The van der Waals surface area contributed by atoms with Gasteiger partial charge in [0.2, 0.25) is 0 Å². The Morgan fingerprint density at radius 2 is 2.25 bits per heavy atom. The fraction of sp³-hybridized carbons (Fsp3) is 0.571. The largest absolute Gasteiger partial charge is 0.478 e. The van der Waals surface area contributed by atoms with Gasteiger partial charge in [0.05, 0.1) is 25.3 Å². The Hall–Kier alpha value is -1.69. The number of aromatic carboxylic acids is 1. The fourth-order valence-corrected chi connectivity index (χ4v) is 2.82. The third-order valence-electron chi connectivity index (χ3n) is 3.86. The summed E-state index contributed by atoms with van der Waals surface area (Å²) in [6.45, 7) is 1.95. The van der Waals surface area contributed by atoms with Gasteiger partial charge in [0, 0.05) is 18.7 Å². The van der Waals surface area contributed by atoms with E-state index in [2.05, 4.69) is 4.98 Å². The van der Waals surface area contributed by atoms with Crippen molar-refractivity contribution in [1.82, 2.24) is 4.98 Å². The average molecular weight is 280 g/mol. The number of rotatable bonds is 2. The Kier molecular flexibility index (Phi) is 3.56. The first-order chi connectivity index (χ1) is 9.65. The summed E-state index contributed by atoms with van der Waals surface area (Å²) in [5.41, 5.74) is 1.81. The van der Waals surface area contributed by atoms with Crippen LogP contribution in [0.2, 0.25) is 0 Å². The number of ether oxygens (including phenoxy) is 1. The number of hydrogen-bond donors (Lipinski definition) is 1. The van der Waals surface area contributed by atoms with Gasteiger partial charge < -0.3 is 14.7 Å². The van der Waals surface area contributed by atoms with Gasteiger partial charge in [-0.05, 0) is 24.5 Å². The van der Waals surface area contributed by atoms with Gasteiger partial charge in [-0.2, -0.15) is 0 Å². The van der Waals surface area contributed by atoms with Crippen molar-refractivity contribution in [2.45, 2.75) is 25.4 Å². The lowest BCUT2D eigenvalue weighted by Gasteiger charge is -2.19. The van der Waals surface area contributed by atoms with Crippen LogP contribution in [0, 0.1) is 0 Å². The number of carbonyl (C=O) groups is 1. The van der Waals surface area contributed by atoms with E-state index in [4.69, 9.17) is 4.74 Å². The van der Waals surface area contributed by atoms with Crippen LogP contribution in [0.25, 0.3) is 0 Å². The summed E-state index contributed by atoms with van der Waals surface area (Å²) < 4.78 is 18.7. The number of halogens is 1. The number of carboxylic acids is 1. The zero-order chi connectivity index (χ0) is 14.1. The second-order valence-corrected chi connectivity index (χ2v) is 5.20. The summed E-state index contributed by atoms with van der Waals surface area (Å²) in [4.78, 5) is 17.8. The smallest absolute Gasteiger partial charge is 0.336 e. The minimum atomic E-state index is -0.956. The maximum atomic E-state index is 13.3. The standard InChI is InChI=1S/C14H17FN2O3/c15-9-1-4-17(8-9)13-7-11(14(18)19)10-2-5-20-6-3-12(10)16-13/h7,9H,1-6,8H2,(H,18,19). The number of pyridine rings is 1. The Bertz CT molecular complexity index is 535. The van der Waals surface area contributed by atoms with Crippen LogP contribution >= 0.6 is 0 Å². The summed E-state index contributed by atoms with van der Waals surface area (Å²) in [6.07, 6.45) is 0.795. The van der Waals surface area contributed by atoms with Gasteiger partial charge in [-0.1, -0.05) is 0 Å². The molecule has 1 aromatic heterocycles. The highest BCUT2D eigenvalue weighted by molar-refractivity contribution is 5.90. The third kappa shape index (κ3) is 2.47. The van der Waals surface area contributed by atoms with Gasteiger partial charge in [-0.25, -0.2) is 14.2 Å². The van der Waals surface area contributed by atoms with Crippen LogP contribution in [-0.4, -0.2) is 48.5 Å². The molecule has 1 unspecified atom stereocenters. The highest BCUT2D eigenvalue weighted by Gasteiger charge is 2.26. The number of aromatic nitrogens is 1. The molecule has 2 aliphatic heterocycles. The zero-order valence-corrected chi connectivity index (χ0v) is 11.1. The minimum Gasteiger partial charge on any atom is -0.478 e. The van der Waals surface area contributed by atoms with Gasteiger partial charge in [0.15, 0.2) is 0 Å². The lowest BCUT2D eigenvalue weighted by Crippen LogP contribution is -2.23. The van der Waals surface area contributed by atoms with Crippen LogP contribution in [0.4, 0.5) is 10.2 Å². The summed E-state index contributed by atoms with van der Waals surface area (Å²) in [5.74, 6) is -0.383. The molecule has 2 aliphatic rings. The SMILES string of the molecule is O=C(O)c1cc(N2CCC(F)C2)nc2c1CCOCC2. The molecule has 3 heterocycles. The number of carboxylic acid groups (broad SMARTS) is 1. The van der Waals surface area contributed by atoms with Crippen molar-refractivity contribution in [3.8, 4) is 0 Å². The molecule has 20 heavy (non-hydrogen) atoms. The van der Waals surface area contributed by atoms with Crippen LogP contribution in [0.3, 0.4) is 0 Å². The number of hydrogen-bond acceptors (Lipinski definition) is 4. The Morgan fingerprint density at radius 1 is 1.45 bits per heavy atom. The van der Waals surface area contributed by atoms with E-state index >= 15 is 0 Å². The van der Waals surface area contributed by atoms with E-state index in [9.17, 15) is 14.3 Å². The predicted octanol–water partition coefficient (Wildman–Crippen LogP) is 1.44. The van der Waals surface area contributed by atoms with Crippen LogP contribution in [-0.2, 0) is 17.6 Å². The second-order valence-electron chi connectivity index (χ2n) is 5.20. The van der Waals surface area contributed by atoms with E-state index in [0.29, 0.717) is 51.4 Å². The highest BCUT2D eigenvalue weighted by Crippen LogP contribution is 2.26. The molecule has 1 aromatic rings. The lowest BCUT2D eigenvalue weighted by atomic mass is 10.0. The van der Waals surface area contributed by atoms with Crippen molar-refractivity contribution in [2.75, 3.05) is 31.2 Å². The first kappa shape index (κ1) is 13.3. The summed E-state index contributed by atoms with van der Waals surface area (Å²) in [5, 5.41) is 9.39. The molecule has 1 fully saturated rings. The number of anilines is 1. The first-order valence-electron chi connectivity index (χ1n) is 6.88. The Morgan fingerprint density at radius 3 is 2.95 bits per heavy atom. The van der Waals surface area contributed by atoms with Gasteiger partial charge >= 0.3 is 5.97 Å². The van der Waals surface area contributed by atoms with Gasteiger partial charge in [-0.15, -0.1) is 0 Å². The molecule has 108 valence electrons. The van der Waals surface area contributed by atoms with Crippen molar-refractivity contribution in [2.24, 2.45) is 0 Å². The number of fused-ring (bicyclic) bond motifs is 1. The average Bonchev–Trinajstić information content (AvgIpc) is 2.72. The molecule has 0 bridgehead atoms. The van der Waals surface area contributed by atoms with Crippen LogP contribution in [0.15, 0.2) is 6.07 Å². The van der Waals surface area contributed by atoms with Crippen LogP contribution < -0.4 is 4.90 Å². The fourth-order valence-electron chi connectivity index (χ4n) is 2.82. The molecule has 1 atom stereocenters. The van der Waals surface area contributed by atoms with Gasteiger partial charge in [-0.3, -0.25) is 0 Å². The topological polar surface area (TPSA) is 62.7 Å². The molecular weight excluding hydrogens is 263 g/mol. The Balaban J connectivity index is 2.02. The van der Waals surface area contributed by atoms with Crippen molar-refractivity contribution in [1.29, 1.82) is 0 Å². The maximum Gasteiger partial charge on any atom is 0.336 e. The summed E-state index contributed by atoms with van der Waals surface area (Å²) in [6, 6.07) is 1.57. The first-order valence-corrected chi connectivity index (χ1v) is 6.88. The molecule has 3 rings (SSSR count). The monoisotopic (exact) mass is 280 g/mol. The normalized spacial score (nSPS) is 22.4. The van der Waals surface area contributed by atoms with E-state index in [1.165, 1.54) is 0 Å². The van der Waals surface area contributed by atoms with E-state index in [1.807, 2.05) is 4.90 Å².